The third-order valence-corrected chi connectivity index (χ3v) is 4.90. The molecule has 2 aliphatic rings. The number of carbonyl (C=O) groups excluding carboxylic acids is 2. The predicted octanol–water partition coefficient (Wildman–Crippen LogP) is 1.72. The Balaban J connectivity index is 2.19. The van der Waals surface area contributed by atoms with E-state index in [0.717, 1.165) is 14.9 Å². The lowest BCUT2D eigenvalue weighted by atomic mass is 9.76. The second kappa shape index (κ2) is 5.83. The summed E-state index contributed by atoms with van der Waals surface area (Å²) in [7, 11) is 2.97. The molecule has 0 bridgehead atoms. The third kappa shape index (κ3) is 2.32. The van der Waals surface area contributed by atoms with E-state index >= 15 is 0 Å². The lowest BCUT2D eigenvalue weighted by Crippen LogP contribution is -2.62. The molecule has 2 N–H and O–H groups in total. The van der Waals surface area contributed by atoms with E-state index in [4.69, 9.17) is 10.5 Å². The van der Waals surface area contributed by atoms with Gasteiger partial charge in [-0.05, 0) is 17.7 Å². The third-order valence-electron chi connectivity index (χ3n) is 4.40. The molecule has 1 aromatic carbocycles. The van der Waals surface area contributed by atoms with E-state index in [1.54, 1.807) is 7.05 Å². The van der Waals surface area contributed by atoms with Gasteiger partial charge in [0.15, 0.2) is 6.23 Å². The summed E-state index contributed by atoms with van der Waals surface area (Å²) in [5.74, 6) is -1.78. The van der Waals surface area contributed by atoms with E-state index in [2.05, 4.69) is 22.0 Å². The molecule has 2 aliphatic heterocycles. The largest absolute Gasteiger partial charge is 0.454 e. The van der Waals surface area contributed by atoms with Crippen molar-refractivity contribution < 1.29 is 14.3 Å². The molecule has 3 amide bonds. The average molecular weight is 391 g/mol. The number of nitrogens with zero attached hydrogens (tertiary/aromatic N) is 3. The van der Waals surface area contributed by atoms with Gasteiger partial charge in [0.25, 0.3) is 0 Å². The summed E-state index contributed by atoms with van der Waals surface area (Å²) in [6.45, 7) is 0. The molecule has 1 saturated heterocycles. The van der Waals surface area contributed by atoms with Gasteiger partial charge in [-0.3, -0.25) is 14.6 Å². The number of halogens is 1. The van der Waals surface area contributed by atoms with E-state index in [1.165, 1.54) is 11.9 Å². The molecule has 3 rings (SSSR count). The Morgan fingerprint density at radius 1 is 1.33 bits per heavy atom. The highest BCUT2D eigenvalue weighted by Gasteiger charge is 2.53. The first-order valence-corrected chi connectivity index (χ1v) is 8.02. The molecular weight excluding hydrogens is 376 g/mol. The summed E-state index contributed by atoms with van der Waals surface area (Å²) >= 11 is 3.40. The number of rotatable bonds is 1. The van der Waals surface area contributed by atoms with Gasteiger partial charge in [-0.15, -0.1) is 0 Å². The van der Waals surface area contributed by atoms with E-state index in [-0.39, 0.29) is 11.5 Å². The predicted molar refractivity (Wildman–Crippen MR) is 88.0 cm³/mol. The van der Waals surface area contributed by atoms with E-state index in [1.807, 2.05) is 24.3 Å². The molecule has 1 aromatic rings. The van der Waals surface area contributed by atoms with Crippen LogP contribution in [0, 0.1) is 17.2 Å². The van der Waals surface area contributed by atoms with Gasteiger partial charge in [0.2, 0.25) is 11.8 Å². The van der Waals surface area contributed by atoms with Crippen molar-refractivity contribution in [3.63, 3.8) is 0 Å². The number of ether oxygens (including phenoxy) is 1. The number of fused-ring (bicyclic) bond motifs is 1. The van der Waals surface area contributed by atoms with E-state index < -0.39 is 30.0 Å². The molecule has 0 aromatic heterocycles. The zero-order valence-electron chi connectivity index (χ0n) is 13.1. The maximum Gasteiger partial charge on any atom is 0.329 e. The summed E-state index contributed by atoms with van der Waals surface area (Å²) in [6, 6.07) is 8.92. The summed E-state index contributed by atoms with van der Waals surface area (Å²) in [5.41, 5.74) is 6.86. The van der Waals surface area contributed by atoms with Gasteiger partial charge >= 0.3 is 6.03 Å². The van der Waals surface area contributed by atoms with Crippen LogP contribution >= 0.6 is 15.9 Å². The Kier molecular flexibility index (Phi) is 3.97. The fraction of sp³-hybridized carbons (Fsp3) is 0.312. The molecule has 24 heavy (non-hydrogen) atoms. The molecule has 7 nitrogen and oxygen atoms in total. The Morgan fingerprint density at radius 3 is 2.67 bits per heavy atom. The highest BCUT2D eigenvalue weighted by Crippen LogP contribution is 2.44. The maximum absolute atomic E-state index is 12.8. The SMILES string of the molecule is CN1C(=O)[C@@H]2[C@H](c3cccc(Br)c3)C(C#N)=C(N)O[C@@H]2N(C)C1=O. The molecular formula is C16H15BrN4O3. The van der Waals surface area contributed by atoms with Gasteiger partial charge < -0.3 is 10.5 Å². The highest BCUT2D eigenvalue weighted by molar-refractivity contribution is 9.10. The number of allylic oxidation sites excluding steroid dienone is 1. The van der Waals surface area contributed by atoms with Crippen LogP contribution in [-0.4, -0.2) is 42.1 Å². The number of carbonyl (C=O) groups is 2. The fourth-order valence-electron chi connectivity index (χ4n) is 3.21. The molecule has 0 saturated carbocycles. The molecule has 0 unspecified atom stereocenters. The molecule has 1 fully saturated rings. The van der Waals surface area contributed by atoms with Crippen LogP contribution in [0.2, 0.25) is 0 Å². The minimum atomic E-state index is -0.845. The molecule has 2 heterocycles. The standard InChI is InChI=1S/C16H15BrN4O3/c1-20-14(22)12-11(8-4-3-5-9(17)6-8)10(7-18)13(19)24-15(12)21(2)16(20)23/h3-6,11-12,15H,19H2,1-2H3/t11-,12+,15+/m1/s1. The molecule has 0 aliphatic carbocycles. The number of urea groups is 1. The van der Waals surface area contributed by atoms with Gasteiger partial charge in [0.05, 0.1) is 5.57 Å². The van der Waals surface area contributed by atoms with E-state index in [9.17, 15) is 14.9 Å². The van der Waals surface area contributed by atoms with Crippen LogP contribution in [0.5, 0.6) is 0 Å². The van der Waals surface area contributed by atoms with Crippen LogP contribution in [0.3, 0.4) is 0 Å². The molecule has 0 spiro atoms. The topological polar surface area (TPSA) is 99.7 Å². The van der Waals surface area contributed by atoms with Crippen LogP contribution in [0.4, 0.5) is 4.79 Å². The number of hydrogen-bond donors (Lipinski definition) is 1. The van der Waals surface area contributed by atoms with Gasteiger partial charge in [-0.25, -0.2) is 4.79 Å². The van der Waals surface area contributed by atoms with Crippen LogP contribution in [0.1, 0.15) is 11.5 Å². The highest BCUT2D eigenvalue weighted by atomic mass is 79.9. The van der Waals surface area contributed by atoms with Crippen molar-refractivity contribution in [2.45, 2.75) is 12.1 Å². The summed E-state index contributed by atoms with van der Waals surface area (Å²) in [6.07, 6.45) is -0.845. The Labute approximate surface area is 147 Å². The van der Waals surface area contributed by atoms with Crippen molar-refractivity contribution in [3.8, 4) is 6.07 Å². The Bertz CT molecular complexity index is 801. The summed E-state index contributed by atoms with van der Waals surface area (Å²) in [4.78, 5) is 27.3. The second-order valence-electron chi connectivity index (χ2n) is 5.75. The Morgan fingerprint density at radius 2 is 2.04 bits per heavy atom. The van der Waals surface area contributed by atoms with Crippen molar-refractivity contribution in [1.82, 2.24) is 9.80 Å². The van der Waals surface area contributed by atoms with Gasteiger partial charge in [-0.1, -0.05) is 28.1 Å². The van der Waals surface area contributed by atoms with Gasteiger partial charge in [0.1, 0.15) is 12.0 Å². The molecule has 124 valence electrons. The van der Waals surface area contributed by atoms with Crippen molar-refractivity contribution in [1.29, 1.82) is 5.26 Å². The summed E-state index contributed by atoms with van der Waals surface area (Å²) in [5, 5.41) is 9.54. The van der Waals surface area contributed by atoms with Gasteiger partial charge in [-0.2, -0.15) is 5.26 Å². The first kappa shape index (κ1) is 16.3. The molecule has 0 radical (unpaired) electrons. The minimum absolute atomic E-state index is 0.0549. The van der Waals surface area contributed by atoms with Crippen molar-refractivity contribution in [2.24, 2.45) is 11.7 Å². The monoisotopic (exact) mass is 390 g/mol. The summed E-state index contributed by atoms with van der Waals surface area (Å²) < 4.78 is 6.38. The number of nitrogens with two attached hydrogens (primary N) is 1. The van der Waals surface area contributed by atoms with Gasteiger partial charge in [0, 0.05) is 24.5 Å². The van der Waals surface area contributed by atoms with Crippen LogP contribution < -0.4 is 5.73 Å². The number of nitriles is 1. The number of hydrogen-bond acceptors (Lipinski definition) is 5. The first-order valence-electron chi connectivity index (χ1n) is 7.23. The number of benzene rings is 1. The maximum atomic E-state index is 12.8. The van der Waals surface area contributed by atoms with Crippen molar-refractivity contribution in [3.05, 3.63) is 45.8 Å². The Hall–Kier alpha value is -2.53. The average Bonchev–Trinajstić information content (AvgIpc) is 2.57. The van der Waals surface area contributed by atoms with Crippen molar-refractivity contribution >= 4 is 27.9 Å². The fourth-order valence-corrected chi connectivity index (χ4v) is 3.63. The molecule has 3 atom stereocenters. The zero-order valence-corrected chi connectivity index (χ0v) is 14.6. The minimum Gasteiger partial charge on any atom is -0.454 e. The smallest absolute Gasteiger partial charge is 0.329 e. The zero-order chi connectivity index (χ0) is 17.6. The molecule has 8 heteroatoms. The number of imide groups is 1. The quantitative estimate of drug-likeness (QED) is 0.786. The first-order chi connectivity index (χ1) is 11.4. The van der Waals surface area contributed by atoms with Crippen LogP contribution in [-0.2, 0) is 9.53 Å². The lowest BCUT2D eigenvalue weighted by Gasteiger charge is -2.46. The second-order valence-corrected chi connectivity index (χ2v) is 6.66. The lowest BCUT2D eigenvalue weighted by molar-refractivity contribution is -0.151. The van der Waals surface area contributed by atoms with Crippen LogP contribution in [0.15, 0.2) is 40.2 Å². The normalized spacial score (nSPS) is 26.8. The number of amides is 3. The van der Waals surface area contributed by atoms with E-state index in [0.29, 0.717) is 0 Å². The van der Waals surface area contributed by atoms with Crippen LogP contribution in [0.25, 0.3) is 0 Å². The van der Waals surface area contributed by atoms with Crippen molar-refractivity contribution in [2.75, 3.05) is 14.1 Å².